The van der Waals surface area contributed by atoms with Crippen LogP contribution in [0.3, 0.4) is 0 Å². The maximum absolute atomic E-state index is 12.7. The summed E-state index contributed by atoms with van der Waals surface area (Å²) in [5, 5.41) is 3.00. The van der Waals surface area contributed by atoms with Gasteiger partial charge in [0.1, 0.15) is 0 Å². The third kappa shape index (κ3) is 3.42. The molecular formula is C17H19N3O2S. The highest BCUT2D eigenvalue weighted by Crippen LogP contribution is 2.24. The predicted octanol–water partition coefficient (Wildman–Crippen LogP) is 2.46. The van der Waals surface area contributed by atoms with Crippen molar-refractivity contribution in [3.05, 3.63) is 40.2 Å². The zero-order chi connectivity index (χ0) is 16.4. The van der Waals surface area contributed by atoms with Crippen molar-refractivity contribution in [3.63, 3.8) is 0 Å². The number of aromatic nitrogens is 1. The Labute approximate surface area is 139 Å². The molecule has 0 atom stereocenters. The Hall–Kier alpha value is -2.21. The lowest BCUT2D eigenvalue weighted by atomic mass is 9.95. The number of benzene rings is 1. The largest absolute Gasteiger partial charge is 0.369 e. The van der Waals surface area contributed by atoms with Crippen molar-refractivity contribution >= 4 is 23.2 Å². The first kappa shape index (κ1) is 15.7. The Kier molecular flexibility index (Phi) is 4.43. The number of rotatable bonds is 3. The van der Waals surface area contributed by atoms with Gasteiger partial charge in [0.25, 0.3) is 5.91 Å². The number of piperidine rings is 1. The van der Waals surface area contributed by atoms with Crippen LogP contribution < -0.4 is 5.73 Å². The van der Waals surface area contributed by atoms with E-state index < -0.39 is 0 Å². The van der Waals surface area contributed by atoms with Crippen LogP contribution in [0.25, 0.3) is 11.3 Å². The highest BCUT2D eigenvalue weighted by Gasteiger charge is 2.26. The highest BCUT2D eigenvalue weighted by molar-refractivity contribution is 7.09. The third-order valence-corrected chi connectivity index (χ3v) is 4.98. The molecule has 2 aromatic rings. The fraction of sp³-hybridized carbons (Fsp3) is 0.353. The van der Waals surface area contributed by atoms with Crippen molar-refractivity contribution in [2.45, 2.75) is 19.8 Å². The van der Waals surface area contributed by atoms with Crippen molar-refractivity contribution in [2.24, 2.45) is 11.7 Å². The molecule has 23 heavy (non-hydrogen) atoms. The lowest BCUT2D eigenvalue weighted by Gasteiger charge is -2.30. The standard InChI is InChI=1S/C17H19N3O2S/c1-11-19-15(10-23-11)13-3-2-4-14(9-13)17(22)20-7-5-12(6-8-20)16(18)21/h2-4,9-10,12H,5-8H2,1H3,(H2,18,21). The molecule has 0 bridgehead atoms. The first-order chi connectivity index (χ1) is 11.0. The second kappa shape index (κ2) is 6.50. The van der Waals surface area contributed by atoms with Crippen molar-refractivity contribution in [1.82, 2.24) is 9.88 Å². The Bertz CT molecular complexity index is 733. The second-order valence-corrected chi connectivity index (χ2v) is 6.86. The molecule has 1 fully saturated rings. The Morgan fingerprint density at radius 2 is 2.04 bits per heavy atom. The predicted molar refractivity (Wildman–Crippen MR) is 90.1 cm³/mol. The molecule has 120 valence electrons. The van der Waals surface area contributed by atoms with Crippen LogP contribution in [0.1, 0.15) is 28.2 Å². The normalized spacial score (nSPS) is 15.6. The van der Waals surface area contributed by atoms with Crippen LogP contribution in [0.15, 0.2) is 29.6 Å². The molecule has 0 unspecified atom stereocenters. The van der Waals surface area contributed by atoms with E-state index in [9.17, 15) is 9.59 Å². The van der Waals surface area contributed by atoms with E-state index >= 15 is 0 Å². The fourth-order valence-electron chi connectivity index (χ4n) is 2.86. The Balaban J connectivity index is 1.74. The Morgan fingerprint density at radius 3 is 2.65 bits per heavy atom. The number of hydrogen-bond acceptors (Lipinski definition) is 4. The number of nitrogens with two attached hydrogens (primary N) is 1. The van der Waals surface area contributed by atoms with Gasteiger partial charge in [0.2, 0.25) is 5.91 Å². The molecule has 2 amide bonds. The summed E-state index contributed by atoms with van der Waals surface area (Å²) in [4.78, 5) is 30.1. The van der Waals surface area contributed by atoms with Gasteiger partial charge < -0.3 is 10.6 Å². The summed E-state index contributed by atoms with van der Waals surface area (Å²) in [7, 11) is 0. The number of primary amides is 1. The first-order valence-corrected chi connectivity index (χ1v) is 8.53. The summed E-state index contributed by atoms with van der Waals surface area (Å²) in [6, 6.07) is 7.56. The summed E-state index contributed by atoms with van der Waals surface area (Å²) >= 11 is 1.59. The van der Waals surface area contributed by atoms with E-state index in [1.54, 1.807) is 16.2 Å². The molecule has 0 saturated carbocycles. The van der Waals surface area contributed by atoms with Crippen molar-refractivity contribution in [3.8, 4) is 11.3 Å². The van der Waals surface area contributed by atoms with Crippen LogP contribution >= 0.6 is 11.3 Å². The maximum Gasteiger partial charge on any atom is 0.253 e. The molecule has 3 rings (SSSR count). The molecule has 1 aromatic carbocycles. The number of carbonyl (C=O) groups excluding carboxylic acids is 2. The second-order valence-electron chi connectivity index (χ2n) is 5.80. The molecule has 0 radical (unpaired) electrons. The summed E-state index contributed by atoms with van der Waals surface area (Å²) in [6.07, 6.45) is 1.29. The average Bonchev–Trinajstić information content (AvgIpc) is 3.01. The van der Waals surface area contributed by atoms with Crippen molar-refractivity contribution < 1.29 is 9.59 Å². The summed E-state index contributed by atoms with van der Waals surface area (Å²) in [5.41, 5.74) is 7.84. The number of aryl methyl sites for hydroxylation is 1. The van der Waals surface area contributed by atoms with E-state index in [-0.39, 0.29) is 17.7 Å². The molecule has 1 aliphatic rings. The van der Waals surface area contributed by atoms with Gasteiger partial charge >= 0.3 is 0 Å². The molecular weight excluding hydrogens is 310 g/mol. The minimum atomic E-state index is -0.266. The summed E-state index contributed by atoms with van der Waals surface area (Å²) in [6.45, 7) is 3.12. The van der Waals surface area contributed by atoms with Crippen molar-refractivity contribution in [2.75, 3.05) is 13.1 Å². The molecule has 5 nitrogen and oxygen atoms in total. The third-order valence-electron chi connectivity index (χ3n) is 4.21. The minimum Gasteiger partial charge on any atom is -0.369 e. The van der Waals surface area contributed by atoms with Crippen LogP contribution in [0.2, 0.25) is 0 Å². The van der Waals surface area contributed by atoms with Gasteiger partial charge in [-0.05, 0) is 31.9 Å². The molecule has 6 heteroatoms. The topological polar surface area (TPSA) is 76.3 Å². The van der Waals surface area contributed by atoms with Gasteiger partial charge in [-0.1, -0.05) is 12.1 Å². The molecule has 0 spiro atoms. The van der Waals surface area contributed by atoms with E-state index in [1.165, 1.54) is 0 Å². The van der Waals surface area contributed by atoms with Gasteiger partial charge in [-0.25, -0.2) is 4.98 Å². The quantitative estimate of drug-likeness (QED) is 0.940. The molecule has 1 aliphatic heterocycles. The molecule has 0 aliphatic carbocycles. The van der Waals surface area contributed by atoms with Crippen LogP contribution in [0.5, 0.6) is 0 Å². The monoisotopic (exact) mass is 329 g/mol. The number of hydrogen-bond donors (Lipinski definition) is 1. The maximum atomic E-state index is 12.7. The Morgan fingerprint density at radius 1 is 1.30 bits per heavy atom. The molecule has 1 saturated heterocycles. The van der Waals surface area contributed by atoms with Crippen LogP contribution in [-0.4, -0.2) is 34.8 Å². The number of carbonyl (C=O) groups is 2. The van der Waals surface area contributed by atoms with Gasteiger partial charge in [-0.3, -0.25) is 9.59 Å². The lowest BCUT2D eigenvalue weighted by Crippen LogP contribution is -2.41. The van der Waals surface area contributed by atoms with E-state index in [2.05, 4.69) is 4.98 Å². The van der Waals surface area contributed by atoms with Crippen LogP contribution in [0, 0.1) is 12.8 Å². The zero-order valence-corrected chi connectivity index (χ0v) is 13.8. The van der Waals surface area contributed by atoms with Crippen molar-refractivity contribution in [1.29, 1.82) is 0 Å². The van der Waals surface area contributed by atoms with Gasteiger partial charge in [-0.2, -0.15) is 0 Å². The van der Waals surface area contributed by atoms with Gasteiger partial charge in [0.15, 0.2) is 0 Å². The van der Waals surface area contributed by atoms with Crippen LogP contribution in [0.4, 0.5) is 0 Å². The molecule has 2 heterocycles. The lowest BCUT2D eigenvalue weighted by molar-refractivity contribution is -0.123. The number of likely N-dealkylation sites (tertiary alicyclic amines) is 1. The highest BCUT2D eigenvalue weighted by atomic mass is 32.1. The number of amides is 2. The SMILES string of the molecule is Cc1nc(-c2cccc(C(=O)N3CCC(C(N)=O)CC3)c2)cs1. The smallest absolute Gasteiger partial charge is 0.253 e. The number of thiazole rings is 1. The summed E-state index contributed by atoms with van der Waals surface area (Å²) in [5.74, 6) is -0.372. The first-order valence-electron chi connectivity index (χ1n) is 7.66. The molecule has 2 N–H and O–H groups in total. The average molecular weight is 329 g/mol. The van der Waals surface area contributed by atoms with E-state index in [0.29, 0.717) is 31.5 Å². The van der Waals surface area contributed by atoms with Gasteiger partial charge in [0, 0.05) is 35.5 Å². The van der Waals surface area contributed by atoms with Gasteiger partial charge in [-0.15, -0.1) is 11.3 Å². The zero-order valence-electron chi connectivity index (χ0n) is 13.0. The van der Waals surface area contributed by atoms with E-state index in [4.69, 9.17) is 5.73 Å². The number of nitrogens with zero attached hydrogens (tertiary/aromatic N) is 2. The van der Waals surface area contributed by atoms with E-state index in [1.807, 2.05) is 36.6 Å². The fourth-order valence-corrected chi connectivity index (χ4v) is 3.48. The van der Waals surface area contributed by atoms with Crippen LogP contribution in [-0.2, 0) is 4.79 Å². The van der Waals surface area contributed by atoms with E-state index in [0.717, 1.165) is 16.3 Å². The summed E-state index contributed by atoms with van der Waals surface area (Å²) < 4.78 is 0. The molecule has 1 aromatic heterocycles. The van der Waals surface area contributed by atoms with Gasteiger partial charge in [0.05, 0.1) is 10.7 Å². The minimum absolute atomic E-state index is 0.00159.